The van der Waals surface area contributed by atoms with Crippen LogP contribution in [0.15, 0.2) is 24.3 Å². The Balaban J connectivity index is 2.52. The molecule has 0 spiro atoms. The summed E-state index contributed by atoms with van der Waals surface area (Å²) >= 11 is 0. The van der Waals surface area contributed by atoms with Crippen molar-refractivity contribution < 1.29 is 14.0 Å². The van der Waals surface area contributed by atoms with Crippen LogP contribution in [-0.2, 0) is 4.79 Å². The Labute approximate surface area is 106 Å². The molecule has 5 heteroatoms. The number of nitrogens with one attached hydrogen (secondary N) is 1. The Morgan fingerprint density at radius 1 is 1.33 bits per heavy atom. The van der Waals surface area contributed by atoms with E-state index in [0.29, 0.717) is 12.1 Å². The summed E-state index contributed by atoms with van der Waals surface area (Å²) in [5.74, 6) is -0.777. The van der Waals surface area contributed by atoms with E-state index in [0.717, 1.165) is 0 Å². The van der Waals surface area contributed by atoms with Crippen LogP contribution in [-0.4, -0.2) is 43.3 Å². The lowest BCUT2D eigenvalue weighted by atomic mass is 10.1. The lowest BCUT2D eigenvalue weighted by Crippen LogP contribution is -2.37. The smallest absolute Gasteiger partial charge is 0.234 e. The van der Waals surface area contributed by atoms with E-state index < -0.39 is 5.82 Å². The average molecular weight is 252 g/mol. The van der Waals surface area contributed by atoms with Crippen molar-refractivity contribution in [3.05, 3.63) is 35.6 Å². The van der Waals surface area contributed by atoms with E-state index in [9.17, 15) is 14.0 Å². The Morgan fingerprint density at radius 3 is 2.67 bits per heavy atom. The number of halogens is 1. The van der Waals surface area contributed by atoms with Crippen LogP contribution in [0.2, 0.25) is 0 Å². The summed E-state index contributed by atoms with van der Waals surface area (Å²) in [6.45, 7) is 2.62. The predicted molar refractivity (Wildman–Crippen MR) is 66.9 cm³/mol. The molecule has 0 aliphatic heterocycles. The molecule has 1 amide bonds. The van der Waals surface area contributed by atoms with Gasteiger partial charge in [-0.1, -0.05) is 12.1 Å². The highest BCUT2D eigenvalue weighted by molar-refractivity contribution is 5.97. The number of benzene rings is 1. The van der Waals surface area contributed by atoms with Crippen molar-refractivity contribution in [3.63, 3.8) is 0 Å². The quantitative estimate of drug-likeness (QED) is 0.771. The Kier molecular flexibility index (Phi) is 5.45. The van der Waals surface area contributed by atoms with Gasteiger partial charge in [-0.3, -0.25) is 14.5 Å². The van der Waals surface area contributed by atoms with Crippen molar-refractivity contribution in [1.82, 2.24) is 10.2 Å². The molecular formula is C13H17FN2O2. The molecule has 1 aromatic rings. The van der Waals surface area contributed by atoms with Gasteiger partial charge in [-0.15, -0.1) is 0 Å². The molecular weight excluding hydrogens is 235 g/mol. The number of Topliss-reactive ketones (excluding diaryl/α,β-unsaturated/α-hetero) is 1. The zero-order valence-corrected chi connectivity index (χ0v) is 10.6. The minimum absolute atomic E-state index is 0.0839. The molecule has 0 fully saturated rings. The van der Waals surface area contributed by atoms with Crippen molar-refractivity contribution in [3.8, 4) is 0 Å². The fourth-order valence-corrected chi connectivity index (χ4v) is 1.55. The van der Waals surface area contributed by atoms with Crippen molar-refractivity contribution >= 4 is 11.7 Å². The van der Waals surface area contributed by atoms with Crippen molar-refractivity contribution in [2.24, 2.45) is 0 Å². The summed E-state index contributed by atoms with van der Waals surface area (Å²) in [7, 11) is 1.67. The average Bonchev–Trinajstić information content (AvgIpc) is 2.28. The van der Waals surface area contributed by atoms with Gasteiger partial charge in [0.25, 0.3) is 0 Å². The number of carbonyl (C=O) groups excluding carboxylic acids is 2. The second-order valence-corrected chi connectivity index (χ2v) is 4.06. The first-order valence-corrected chi connectivity index (χ1v) is 5.77. The lowest BCUT2D eigenvalue weighted by Gasteiger charge is -2.15. The number of rotatable bonds is 6. The van der Waals surface area contributed by atoms with Crippen LogP contribution in [0.1, 0.15) is 17.3 Å². The van der Waals surface area contributed by atoms with E-state index in [1.54, 1.807) is 18.0 Å². The highest BCUT2D eigenvalue weighted by Crippen LogP contribution is 2.05. The van der Waals surface area contributed by atoms with E-state index in [1.807, 2.05) is 6.92 Å². The molecule has 1 aromatic carbocycles. The summed E-state index contributed by atoms with van der Waals surface area (Å²) in [4.78, 5) is 24.7. The van der Waals surface area contributed by atoms with Gasteiger partial charge in [-0.2, -0.15) is 0 Å². The predicted octanol–water partition coefficient (Wildman–Crippen LogP) is 1.08. The molecule has 0 aromatic heterocycles. The van der Waals surface area contributed by atoms with Crippen LogP contribution in [0, 0.1) is 5.82 Å². The Hall–Kier alpha value is -1.75. The highest BCUT2D eigenvalue weighted by atomic mass is 19.1. The molecule has 98 valence electrons. The minimum Gasteiger partial charge on any atom is -0.355 e. The maximum atomic E-state index is 12.9. The fraction of sp³-hybridized carbons (Fsp3) is 0.385. The van der Waals surface area contributed by atoms with Crippen LogP contribution in [0.3, 0.4) is 0 Å². The Bertz CT molecular complexity index is 435. The molecule has 0 saturated carbocycles. The van der Waals surface area contributed by atoms with Gasteiger partial charge >= 0.3 is 0 Å². The second kappa shape index (κ2) is 6.86. The third-order valence-corrected chi connectivity index (χ3v) is 2.35. The zero-order valence-electron chi connectivity index (χ0n) is 10.6. The molecule has 0 radical (unpaired) electrons. The first-order valence-electron chi connectivity index (χ1n) is 5.77. The number of ketones is 1. The highest BCUT2D eigenvalue weighted by Gasteiger charge is 2.12. The topological polar surface area (TPSA) is 49.4 Å². The minimum atomic E-state index is -0.438. The van der Waals surface area contributed by atoms with Crippen molar-refractivity contribution in [2.75, 3.05) is 26.7 Å². The monoisotopic (exact) mass is 252 g/mol. The molecule has 18 heavy (non-hydrogen) atoms. The van der Waals surface area contributed by atoms with Gasteiger partial charge in [-0.25, -0.2) is 4.39 Å². The van der Waals surface area contributed by atoms with Gasteiger partial charge in [0.05, 0.1) is 13.1 Å². The standard InChI is InChI=1S/C13H17FN2O2/c1-3-15-13(18)9-16(2)8-12(17)10-5-4-6-11(14)7-10/h4-7H,3,8-9H2,1-2H3,(H,15,18). The molecule has 0 unspecified atom stereocenters. The van der Waals surface area contributed by atoms with Gasteiger partial charge in [0, 0.05) is 12.1 Å². The summed E-state index contributed by atoms with van der Waals surface area (Å²) in [6, 6.07) is 5.54. The van der Waals surface area contributed by atoms with E-state index in [-0.39, 0.29) is 24.8 Å². The third-order valence-electron chi connectivity index (χ3n) is 2.35. The van der Waals surface area contributed by atoms with Gasteiger partial charge in [0.2, 0.25) is 5.91 Å². The summed E-state index contributed by atoms with van der Waals surface area (Å²) in [5, 5.41) is 2.65. The van der Waals surface area contributed by atoms with Crippen LogP contribution in [0.5, 0.6) is 0 Å². The molecule has 0 saturated heterocycles. The molecule has 4 nitrogen and oxygen atoms in total. The Morgan fingerprint density at radius 2 is 2.06 bits per heavy atom. The maximum absolute atomic E-state index is 12.9. The summed E-state index contributed by atoms with van der Waals surface area (Å²) in [6.07, 6.45) is 0. The summed E-state index contributed by atoms with van der Waals surface area (Å²) in [5.41, 5.74) is 0.317. The molecule has 1 N–H and O–H groups in total. The zero-order chi connectivity index (χ0) is 13.5. The maximum Gasteiger partial charge on any atom is 0.234 e. The first-order chi connectivity index (χ1) is 8.52. The van der Waals surface area contributed by atoms with E-state index in [1.165, 1.54) is 18.2 Å². The number of carbonyl (C=O) groups is 2. The van der Waals surface area contributed by atoms with Crippen LogP contribution in [0.25, 0.3) is 0 Å². The van der Waals surface area contributed by atoms with Crippen molar-refractivity contribution in [1.29, 1.82) is 0 Å². The van der Waals surface area contributed by atoms with Gasteiger partial charge in [-0.05, 0) is 26.1 Å². The van der Waals surface area contributed by atoms with Crippen LogP contribution >= 0.6 is 0 Å². The molecule has 0 atom stereocenters. The molecule has 0 heterocycles. The van der Waals surface area contributed by atoms with Gasteiger partial charge < -0.3 is 5.32 Å². The number of hydrogen-bond donors (Lipinski definition) is 1. The number of amides is 1. The van der Waals surface area contributed by atoms with E-state index in [4.69, 9.17) is 0 Å². The van der Waals surface area contributed by atoms with Crippen LogP contribution < -0.4 is 5.32 Å². The van der Waals surface area contributed by atoms with Crippen molar-refractivity contribution in [2.45, 2.75) is 6.92 Å². The number of nitrogens with zero attached hydrogens (tertiary/aromatic N) is 1. The lowest BCUT2D eigenvalue weighted by molar-refractivity contribution is -0.121. The third kappa shape index (κ3) is 4.63. The molecule has 0 aliphatic rings. The van der Waals surface area contributed by atoms with Gasteiger partial charge in [0.15, 0.2) is 5.78 Å². The van der Waals surface area contributed by atoms with E-state index in [2.05, 4.69) is 5.32 Å². The molecule has 1 rings (SSSR count). The fourth-order valence-electron chi connectivity index (χ4n) is 1.55. The SMILES string of the molecule is CCNC(=O)CN(C)CC(=O)c1cccc(F)c1. The number of hydrogen-bond acceptors (Lipinski definition) is 3. The normalized spacial score (nSPS) is 10.4. The van der Waals surface area contributed by atoms with Crippen LogP contribution in [0.4, 0.5) is 4.39 Å². The number of likely N-dealkylation sites (N-methyl/N-ethyl adjacent to an activating group) is 2. The second-order valence-electron chi connectivity index (χ2n) is 4.06. The van der Waals surface area contributed by atoms with E-state index >= 15 is 0 Å². The molecule has 0 bridgehead atoms. The van der Waals surface area contributed by atoms with Gasteiger partial charge in [0.1, 0.15) is 5.82 Å². The first kappa shape index (κ1) is 14.3. The summed E-state index contributed by atoms with van der Waals surface area (Å²) < 4.78 is 12.9. The molecule has 0 aliphatic carbocycles. The largest absolute Gasteiger partial charge is 0.355 e.